The van der Waals surface area contributed by atoms with Gasteiger partial charge in [0.1, 0.15) is 11.5 Å². The van der Waals surface area contributed by atoms with Crippen LogP contribution < -0.4 is 14.9 Å². The molecule has 0 fully saturated rings. The number of esters is 1. The molecule has 1 aliphatic heterocycles. The Balaban J connectivity index is 1.53. The van der Waals surface area contributed by atoms with Crippen LogP contribution in [0.3, 0.4) is 0 Å². The lowest BCUT2D eigenvalue weighted by Gasteiger charge is -2.26. The van der Waals surface area contributed by atoms with E-state index >= 15 is 0 Å². The smallest absolute Gasteiger partial charge is 0.338 e. The Hall–Kier alpha value is -5.35. The van der Waals surface area contributed by atoms with E-state index in [9.17, 15) is 19.7 Å². The van der Waals surface area contributed by atoms with Gasteiger partial charge in [0.25, 0.3) is 11.2 Å². The molecule has 47 heavy (non-hydrogen) atoms. The Labute approximate surface area is 275 Å². The highest BCUT2D eigenvalue weighted by Gasteiger charge is 2.35. The van der Waals surface area contributed by atoms with Crippen LogP contribution in [0.25, 0.3) is 23.1 Å². The van der Waals surface area contributed by atoms with Gasteiger partial charge in [-0.3, -0.25) is 19.5 Å². The molecule has 6 rings (SSSR count). The van der Waals surface area contributed by atoms with Crippen LogP contribution >= 0.6 is 11.3 Å². The van der Waals surface area contributed by atoms with Crippen LogP contribution in [0.15, 0.2) is 98.6 Å². The standard InChI is InChI=1S/C37H33N3O6S/c1-6-45-36(42)32-33(25-10-8-7-9-11-25)38-37-39(34(32)26-14-12-24(13-15-26)21(2)3)35(41)31(47-37)20-28-16-17-30(46-28)27-18-22(4)23(5)29(19-27)40(43)44/h7-21,34H,6H2,1-5H3/b31-20-/t34-/m0/s1. The van der Waals surface area contributed by atoms with Gasteiger partial charge in [-0.1, -0.05) is 79.8 Å². The Kier molecular flexibility index (Phi) is 8.62. The second-order valence-corrected chi connectivity index (χ2v) is 12.7. The minimum atomic E-state index is -0.785. The topological polar surface area (TPSA) is 117 Å². The summed E-state index contributed by atoms with van der Waals surface area (Å²) in [6.45, 7) is 9.66. The predicted molar refractivity (Wildman–Crippen MR) is 182 cm³/mol. The lowest BCUT2D eigenvalue weighted by molar-refractivity contribution is -0.385. The maximum atomic E-state index is 14.2. The number of thiazole rings is 1. The van der Waals surface area contributed by atoms with E-state index in [2.05, 4.69) is 13.8 Å². The molecule has 0 spiro atoms. The van der Waals surface area contributed by atoms with Gasteiger partial charge in [-0.2, -0.15) is 0 Å². The first-order chi connectivity index (χ1) is 22.6. The second kappa shape index (κ2) is 12.8. The number of benzene rings is 3. The largest absolute Gasteiger partial charge is 0.463 e. The summed E-state index contributed by atoms with van der Waals surface area (Å²) in [6.07, 6.45) is 1.64. The van der Waals surface area contributed by atoms with Gasteiger partial charge in [-0.25, -0.2) is 9.79 Å². The lowest BCUT2D eigenvalue weighted by atomic mass is 9.91. The molecule has 3 aromatic carbocycles. The average molecular weight is 648 g/mol. The maximum Gasteiger partial charge on any atom is 0.338 e. The lowest BCUT2D eigenvalue weighted by Crippen LogP contribution is -2.40. The molecule has 238 valence electrons. The number of nitro groups is 1. The molecule has 2 aromatic heterocycles. The minimum absolute atomic E-state index is 0.0133. The van der Waals surface area contributed by atoms with Crippen molar-refractivity contribution >= 4 is 34.8 Å². The van der Waals surface area contributed by atoms with Crippen LogP contribution in [0.2, 0.25) is 0 Å². The Morgan fingerprint density at radius 1 is 1.06 bits per heavy atom. The van der Waals surface area contributed by atoms with Gasteiger partial charge in [0.05, 0.1) is 33.4 Å². The summed E-state index contributed by atoms with van der Waals surface area (Å²) in [7, 11) is 0. The summed E-state index contributed by atoms with van der Waals surface area (Å²) in [5, 5.41) is 11.6. The third-order valence-electron chi connectivity index (χ3n) is 8.31. The number of nitrogens with zero attached hydrogens (tertiary/aromatic N) is 3. The van der Waals surface area contributed by atoms with E-state index in [1.165, 1.54) is 17.4 Å². The molecule has 0 bridgehead atoms. The van der Waals surface area contributed by atoms with Gasteiger partial charge in [0.2, 0.25) is 0 Å². The van der Waals surface area contributed by atoms with Gasteiger partial charge in [0, 0.05) is 28.8 Å². The zero-order valence-electron chi connectivity index (χ0n) is 26.6. The van der Waals surface area contributed by atoms with Crippen LogP contribution in [0, 0.1) is 24.0 Å². The summed E-state index contributed by atoms with van der Waals surface area (Å²) >= 11 is 1.20. The van der Waals surface area contributed by atoms with Crippen LogP contribution in [-0.4, -0.2) is 22.1 Å². The van der Waals surface area contributed by atoms with Crippen molar-refractivity contribution in [3.63, 3.8) is 0 Å². The number of carbonyl (C=O) groups is 1. The van der Waals surface area contributed by atoms with Crippen molar-refractivity contribution in [3.05, 3.63) is 148 Å². The Morgan fingerprint density at radius 2 is 1.79 bits per heavy atom. The van der Waals surface area contributed by atoms with Crippen LogP contribution in [0.5, 0.6) is 0 Å². The summed E-state index contributed by atoms with van der Waals surface area (Å²) in [4.78, 5) is 44.4. The van der Waals surface area contributed by atoms with Crippen LogP contribution in [0.1, 0.15) is 66.3 Å². The number of furan rings is 1. The molecule has 10 heteroatoms. The molecule has 5 aromatic rings. The Bertz CT molecular complexity index is 2220. The third kappa shape index (κ3) is 5.99. The van der Waals surface area contributed by atoms with Gasteiger partial charge >= 0.3 is 5.97 Å². The number of aromatic nitrogens is 1. The Morgan fingerprint density at radius 3 is 2.45 bits per heavy atom. The first kappa shape index (κ1) is 31.6. The van der Waals surface area contributed by atoms with E-state index in [1.54, 1.807) is 36.6 Å². The number of carbonyl (C=O) groups excluding carboxylic acids is 1. The number of hydrogen-bond donors (Lipinski definition) is 0. The predicted octanol–water partition coefficient (Wildman–Crippen LogP) is 6.84. The zero-order valence-corrected chi connectivity index (χ0v) is 27.5. The van der Waals surface area contributed by atoms with Gasteiger partial charge in [0.15, 0.2) is 4.80 Å². The van der Waals surface area contributed by atoms with E-state index in [4.69, 9.17) is 14.1 Å². The number of nitro benzene ring substituents is 1. The van der Waals surface area contributed by atoms with Crippen molar-refractivity contribution in [1.82, 2.24) is 4.57 Å². The van der Waals surface area contributed by atoms with Crippen molar-refractivity contribution in [2.24, 2.45) is 4.99 Å². The monoisotopic (exact) mass is 647 g/mol. The highest BCUT2D eigenvalue weighted by Crippen LogP contribution is 2.36. The summed E-state index contributed by atoms with van der Waals surface area (Å²) in [5.41, 5.74) is 4.97. The van der Waals surface area contributed by atoms with E-state index in [1.807, 2.05) is 67.6 Å². The summed E-state index contributed by atoms with van der Waals surface area (Å²) in [6, 6.07) is 23.3. The average Bonchev–Trinajstić information content (AvgIpc) is 3.65. The molecular weight excluding hydrogens is 614 g/mol. The van der Waals surface area contributed by atoms with Crippen molar-refractivity contribution in [2.75, 3.05) is 6.61 Å². The fraction of sp³-hybridized carbons (Fsp3) is 0.216. The number of fused-ring (bicyclic) bond motifs is 1. The molecule has 1 aliphatic rings. The second-order valence-electron chi connectivity index (χ2n) is 11.6. The molecular formula is C37H33N3O6S. The molecule has 0 aliphatic carbocycles. The van der Waals surface area contributed by atoms with Crippen molar-refractivity contribution < 1.29 is 18.9 Å². The highest BCUT2D eigenvalue weighted by atomic mass is 32.1. The molecule has 3 heterocycles. The molecule has 0 N–H and O–H groups in total. The molecule has 0 radical (unpaired) electrons. The third-order valence-corrected chi connectivity index (χ3v) is 9.30. The van der Waals surface area contributed by atoms with E-state index in [0.717, 1.165) is 22.3 Å². The highest BCUT2D eigenvalue weighted by molar-refractivity contribution is 7.07. The SMILES string of the molecule is CCOC(=O)C1=C(c2ccccc2)N=c2s/c(=C\c3ccc(-c4cc(C)c(C)c([N+](=O)[O-])c4)o3)c(=O)n2[C@H]1c1ccc(C(C)C)cc1. The first-order valence-electron chi connectivity index (χ1n) is 15.3. The quantitative estimate of drug-likeness (QED) is 0.103. The summed E-state index contributed by atoms with van der Waals surface area (Å²) < 4.78 is 13.5. The molecule has 0 amide bonds. The molecule has 0 unspecified atom stereocenters. The van der Waals surface area contributed by atoms with Crippen LogP contribution in [-0.2, 0) is 9.53 Å². The molecule has 0 saturated carbocycles. The van der Waals surface area contributed by atoms with Gasteiger partial charge < -0.3 is 9.15 Å². The number of ether oxygens (including phenoxy) is 1. The molecule has 1 atom stereocenters. The number of hydrogen-bond acceptors (Lipinski definition) is 8. The molecule has 0 saturated heterocycles. The fourth-order valence-corrected chi connectivity index (χ4v) is 6.69. The zero-order chi connectivity index (χ0) is 33.4. The van der Waals surface area contributed by atoms with E-state index in [-0.39, 0.29) is 23.4 Å². The van der Waals surface area contributed by atoms with Crippen molar-refractivity contribution in [2.45, 2.75) is 46.6 Å². The number of rotatable bonds is 8. The summed E-state index contributed by atoms with van der Waals surface area (Å²) in [5.74, 6) is 0.603. The van der Waals surface area contributed by atoms with Crippen molar-refractivity contribution in [1.29, 1.82) is 0 Å². The van der Waals surface area contributed by atoms with E-state index in [0.29, 0.717) is 43.6 Å². The van der Waals surface area contributed by atoms with E-state index < -0.39 is 16.9 Å². The van der Waals surface area contributed by atoms with Gasteiger partial charge in [-0.15, -0.1) is 0 Å². The minimum Gasteiger partial charge on any atom is -0.463 e. The molecule has 9 nitrogen and oxygen atoms in total. The maximum absolute atomic E-state index is 14.2. The normalized spacial score (nSPS) is 14.7. The number of aryl methyl sites for hydroxylation is 1. The van der Waals surface area contributed by atoms with Crippen LogP contribution in [0.4, 0.5) is 5.69 Å². The van der Waals surface area contributed by atoms with Crippen molar-refractivity contribution in [3.8, 4) is 11.3 Å². The first-order valence-corrected chi connectivity index (χ1v) is 16.1. The fourth-order valence-electron chi connectivity index (χ4n) is 5.71. The van der Waals surface area contributed by atoms with Gasteiger partial charge in [-0.05, 0) is 61.6 Å².